The molecule has 0 aliphatic carbocycles. The minimum absolute atomic E-state index is 0.0739. The topological polar surface area (TPSA) is 85.4 Å². The number of amides is 1. The molecule has 142 valence electrons. The third-order valence-corrected chi connectivity index (χ3v) is 6.53. The summed E-state index contributed by atoms with van der Waals surface area (Å²) in [5, 5.41) is 3.68. The summed E-state index contributed by atoms with van der Waals surface area (Å²) in [6.45, 7) is 6.71. The van der Waals surface area contributed by atoms with Crippen molar-refractivity contribution in [3.8, 4) is 5.69 Å². The highest BCUT2D eigenvalue weighted by molar-refractivity contribution is 7.89. The van der Waals surface area contributed by atoms with Crippen molar-refractivity contribution in [2.45, 2.75) is 32.6 Å². The number of aromatic nitrogens is 2. The predicted octanol–water partition coefficient (Wildman–Crippen LogP) is 3.16. The molecule has 8 heteroatoms. The Balaban J connectivity index is 2.04. The van der Waals surface area contributed by atoms with Crippen molar-refractivity contribution in [2.75, 3.05) is 7.05 Å². The Labute approximate surface area is 158 Å². The van der Waals surface area contributed by atoms with Crippen molar-refractivity contribution in [1.29, 1.82) is 0 Å². The molecule has 0 spiro atoms. The van der Waals surface area contributed by atoms with E-state index in [1.807, 2.05) is 41.8 Å². The minimum atomic E-state index is -4.07. The number of hydrogen-bond donors (Lipinski definition) is 0. The van der Waals surface area contributed by atoms with Crippen molar-refractivity contribution in [1.82, 2.24) is 14.0 Å². The molecule has 3 aromatic rings. The summed E-state index contributed by atoms with van der Waals surface area (Å²) < 4.78 is 33.5. The van der Waals surface area contributed by atoms with E-state index in [-0.39, 0.29) is 16.3 Å². The van der Waals surface area contributed by atoms with Crippen LogP contribution in [0, 0.1) is 27.7 Å². The van der Waals surface area contributed by atoms with Crippen LogP contribution >= 0.6 is 0 Å². The Hall–Kier alpha value is -2.87. The Morgan fingerprint density at radius 3 is 2.30 bits per heavy atom. The number of benzene rings is 1. The largest absolute Gasteiger partial charge is 0.360 e. The van der Waals surface area contributed by atoms with E-state index in [1.54, 1.807) is 13.0 Å². The van der Waals surface area contributed by atoms with Gasteiger partial charge in [-0.3, -0.25) is 4.79 Å². The van der Waals surface area contributed by atoms with E-state index in [2.05, 4.69) is 5.16 Å². The number of rotatable bonds is 4. The van der Waals surface area contributed by atoms with Gasteiger partial charge in [0.15, 0.2) is 10.7 Å². The lowest BCUT2D eigenvalue weighted by Gasteiger charge is -2.17. The van der Waals surface area contributed by atoms with Crippen LogP contribution in [0.5, 0.6) is 0 Å². The second-order valence-corrected chi connectivity index (χ2v) is 8.29. The molecule has 7 nitrogen and oxygen atoms in total. The first kappa shape index (κ1) is 18.9. The maximum atomic E-state index is 13.0. The molecule has 0 radical (unpaired) electrons. The fraction of sp³-hybridized carbons (Fsp3) is 0.263. The van der Waals surface area contributed by atoms with Gasteiger partial charge in [-0.05, 0) is 45.9 Å². The summed E-state index contributed by atoms with van der Waals surface area (Å²) in [5.41, 5.74) is 2.97. The molecule has 0 bridgehead atoms. The first-order valence-corrected chi connectivity index (χ1v) is 9.80. The Morgan fingerprint density at radius 2 is 1.74 bits per heavy atom. The molecule has 27 heavy (non-hydrogen) atoms. The van der Waals surface area contributed by atoms with Crippen molar-refractivity contribution in [3.63, 3.8) is 0 Å². The standard InChI is InChI=1S/C19H21N3O4S/c1-12-11-17(14(3)22(12)16-9-7-6-8-10-16)19(23)21(5)27(24,25)18-13(2)20-26-15(18)4/h6-11H,1-5H3. The lowest BCUT2D eigenvalue weighted by Crippen LogP contribution is -2.34. The van der Waals surface area contributed by atoms with Crippen LogP contribution in [-0.4, -0.2) is 35.4 Å². The van der Waals surface area contributed by atoms with Crippen LogP contribution in [0.4, 0.5) is 0 Å². The highest BCUT2D eigenvalue weighted by atomic mass is 32.2. The Kier molecular flexibility index (Phi) is 4.69. The van der Waals surface area contributed by atoms with Gasteiger partial charge in [0, 0.05) is 24.1 Å². The van der Waals surface area contributed by atoms with E-state index in [0.717, 1.165) is 15.7 Å². The molecule has 1 aromatic carbocycles. The zero-order chi connectivity index (χ0) is 19.9. The van der Waals surface area contributed by atoms with Gasteiger partial charge in [-0.1, -0.05) is 23.4 Å². The quantitative estimate of drug-likeness (QED) is 0.686. The maximum absolute atomic E-state index is 13.0. The summed E-state index contributed by atoms with van der Waals surface area (Å²) in [6.07, 6.45) is 0. The lowest BCUT2D eigenvalue weighted by atomic mass is 10.2. The second-order valence-electron chi connectivity index (χ2n) is 6.39. The molecule has 2 aromatic heterocycles. The molecule has 3 rings (SSSR count). The zero-order valence-electron chi connectivity index (χ0n) is 15.8. The first-order valence-electron chi connectivity index (χ1n) is 8.36. The van der Waals surface area contributed by atoms with Crippen molar-refractivity contribution in [2.24, 2.45) is 0 Å². The van der Waals surface area contributed by atoms with Crippen LogP contribution in [0.15, 0.2) is 45.8 Å². The van der Waals surface area contributed by atoms with E-state index in [9.17, 15) is 13.2 Å². The lowest BCUT2D eigenvalue weighted by molar-refractivity contribution is 0.0882. The predicted molar refractivity (Wildman–Crippen MR) is 100 cm³/mol. The van der Waals surface area contributed by atoms with Crippen LogP contribution in [0.2, 0.25) is 0 Å². The number of carbonyl (C=O) groups is 1. The van der Waals surface area contributed by atoms with E-state index in [0.29, 0.717) is 11.3 Å². The Morgan fingerprint density at radius 1 is 1.11 bits per heavy atom. The molecule has 0 aliphatic heterocycles. The third-order valence-electron chi connectivity index (χ3n) is 4.55. The minimum Gasteiger partial charge on any atom is -0.360 e. The van der Waals surface area contributed by atoms with E-state index < -0.39 is 15.9 Å². The van der Waals surface area contributed by atoms with Crippen LogP contribution < -0.4 is 0 Å². The molecule has 0 aliphatic rings. The fourth-order valence-corrected chi connectivity index (χ4v) is 4.61. The van der Waals surface area contributed by atoms with Gasteiger partial charge < -0.3 is 9.09 Å². The van der Waals surface area contributed by atoms with Gasteiger partial charge in [0.25, 0.3) is 15.9 Å². The smallest absolute Gasteiger partial charge is 0.271 e. The van der Waals surface area contributed by atoms with Gasteiger partial charge in [-0.15, -0.1) is 0 Å². The van der Waals surface area contributed by atoms with Crippen LogP contribution in [0.3, 0.4) is 0 Å². The van der Waals surface area contributed by atoms with Gasteiger partial charge in [0.2, 0.25) is 0 Å². The fourth-order valence-electron chi connectivity index (χ4n) is 3.21. The van der Waals surface area contributed by atoms with Gasteiger partial charge in [-0.2, -0.15) is 0 Å². The van der Waals surface area contributed by atoms with Gasteiger partial charge in [0.05, 0.1) is 5.56 Å². The van der Waals surface area contributed by atoms with E-state index in [1.165, 1.54) is 20.9 Å². The average molecular weight is 387 g/mol. The zero-order valence-corrected chi connectivity index (χ0v) is 16.7. The van der Waals surface area contributed by atoms with Crippen molar-refractivity contribution >= 4 is 15.9 Å². The number of nitrogens with zero attached hydrogens (tertiary/aromatic N) is 3. The van der Waals surface area contributed by atoms with Crippen LogP contribution in [-0.2, 0) is 10.0 Å². The average Bonchev–Trinajstić information content (AvgIpc) is 3.13. The van der Waals surface area contributed by atoms with Crippen LogP contribution in [0.1, 0.15) is 33.2 Å². The molecule has 1 amide bonds. The van der Waals surface area contributed by atoms with Gasteiger partial charge in [-0.25, -0.2) is 12.7 Å². The van der Waals surface area contributed by atoms with Gasteiger partial charge >= 0.3 is 0 Å². The second kappa shape index (κ2) is 6.70. The highest BCUT2D eigenvalue weighted by Gasteiger charge is 2.33. The molecule has 0 saturated carbocycles. The Bertz CT molecular complexity index is 1090. The number of aryl methyl sites for hydroxylation is 3. The molecular weight excluding hydrogens is 366 g/mol. The molecule has 2 heterocycles. The SMILES string of the molecule is Cc1noc(C)c1S(=O)(=O)N(C)C(=O)c1cc(C)n(-c2ccccc2)c1C. The number of sulfonamides is 1. The number of carbonyl (C=O) groups excluding carboxylic acids is 1. The van der Waals surface area contributed by atoms with E-state index >= 15 is 0 Å². The van der Waals surface area contributed by atoms with Crippen molar-refractivity contribution in [3.05, 3.63) is 64.8 Å². The summed E-state index contributed by atoms with van der Waals surface area (Å²) >= 11 is 0. The molecule has 0 saturated heterocycles. The third kappa shape index (κ3) is 3.06. The van der Waals surface area contributed by atoms with E-state index in [4.69, 9.17) is 4.52 Å². The summed E-state index contributed by atoms with van der Waals surface area (Å²) in [4.78, 5) is 12.9. The normalized spacial score (nSPS) is 11.6. The highest BCUT2D eigenvalue weighted by Crippen LogP contribution is 2.26. The summed E-state index contributed by atoms with van der Waals surface area (Å²) in [5.74, 6) is -0.452. The number of para-hydroxylation sites is 1. The summed E-state index contributed by atoms with van der Waals surface area (Å²) in [7, 11) is -2.82. The molecule has 0 fully saturated rings. The van der Waals surface area contributed by atoms with Crippen molar-refractivity contribution < 1.29 is 17.7 Å². The first-order chi connectivity index (χ1) is 12.7. The van der Waals surface area contributed by atoms with Gasteiger partial charge in [0.1, 0.15) is 5.69 Å². The number of hydrogen-bond acceptors (Lipinski definition) is 5. The maximum Gasteiger partial charge on any atom is 0.271 e. The molecule has 0 unspecified atom stereocenters. The molecular formula is C19H21N3O4S. The summed E-state index contributed by atoms with van der Waals surface area (Å²) in [6, 6.07) is 11.3. The van der Waals surface area contributed by atoms with Crippen LogP contribution in [0.25, 0.3) is 5.69 Å². The monoisotopic (exact) mass is 387 g/mol. The molecule has 0 N–H and O–H groups in total. The molecule has 0 atom stereocenters.